The van der Waals surface area contributed by atoms with Gasteiger partial charge in [0.25, 0.3) is 0 Å². The molecular weight excluding hydrogens is 248 g/mol. The molecule has 3 aliphatic heterocycles. The summed E-state index contributed by atoms with van der Waals surface area (Å²) in [4.78, 5) is 11.7. The predicted molar refractivity (Wildman–Crippen MR) is 70.6 cm³/mol. The first-order valence-electron chi connectivity index (χ1n) is 5.76. The van der Waals surface area contributed by atoms with Crippen LogP contribution in [0.15, 0.2) is 46.9 Å². The van der Waals surface area contributed by atoms with Gasteiger partial charge in [-0.1, -0.05) is 24.3 Å². The van der Waals surface area contributed by atoms with Gasteiger partial charge in [0, 0.05) is 0 Å². The number of anilines is 1. The van der Waals surface area contributed by atoms with Crippen molar-refractivity contribution >= 4 is 29.1 Å². The third-order valence-electron chi connectivity index (χ3n) is 3.52. The maximum absolute atomic E-state index is 11.7. The summed E-state index contributed by atoms with van der Waals surface area (Å²) in [5.74, 6) is -0.283. The van der Waals surface area contributed by atoms with Crippen LogP contribution in [0.3, 0.4) is 0 Å². The fourth-order valence-corrected chi connectivity index (χ4v) is 3.78. The van der Waals surface area contributed by atoms with E-state index in [0.717, 1.165) is 5.69 Å². The normalized spacial score (nSPS) is 32.2. The first-order chi connectivity index (χ1) is 8.81. The standard InChI is InChI=1S/C13H10N2O2S/c16-12-11-13(8-17-12)10(6-7-18-13)15(14-11)9-4-2-1-3-5-9/h1-7,10H,8H2. The number of esters is 1. The Balaban J connectivity index is 1.83. The monoisotopic (exact) mass is 258 g/mol. The second kappa shape index (κ2) is 3.38. The van der Waals surface area contributed by atoms with Crippen molar-refractivity contribution in [2.45, 2.75) is 10.8 Å². The molecule has 3 aliphatic rings. The van der Waals surface area contributed by atoms with E-state index < -0.39 is 0 Å². The predicted octanol–water partition coefficient (Wildman–Crippen LogP) is 1.79. The van der Waals surface area contributed by atoms with E-state index in [1.807, 2.05) is 40.7 Å². The average molecular weight is 258 g/mol. The molecule has 0 radical (unpaired) electrons. The highest BCUT2D eigenvalue weighted by Gasteiger charge is 2.60. The molecule has 2 unspecified atom stereocenters. The van der Waals surface area contributed by atoms with Gasteiger partial charge in [-0.25, -0.2) is 4.79 Å². The Hall–Kier alpha value is -1.75. The number of hydrogen-bond donors (Lipinski definition) is 0. The Bertz CT molecular complexity index is 584. The second-order valence-corrected chi connectivity index (χ2v) is 5.72. The van der Waals surface area contributed by atoms with Crippen molar-refractivity contribution in [2.24, 2.45) is 5.10 Å². The molecule has 0 saturated carbocycles. The van der Waals surface area contributed by atoms with Gasteiger partial charge in [0.05, 0.1) is 11.7 Å². The lowest BCUT2D eigenvalue weighted by Gasteiger charge is -2.27. The zero-order chi connectivity index (χ0) is 12.2. The number of benzene rings is 1. The molecule has 1 aromatic rings. The molecule has 4 rings (SSSR count). The molecule has 2 atom stereocenters. The number of rotatable bonds is 1. The molecular formula is C13H10N2O2S. The third kappa shape index (κ3) is 1.12. The van der Waals surface area contributed by atoms with Crippen LogP contribution in [0.1, 0.15) is 0 Å². The molecule has 0 aliphatic carbocycles. The summed E-state index contributed by atoms with van der Waals surface area (Å²) >= 11 is 1.63. The lowest BCUT2D eigenvalue weighted by molar-refractivity contribution is -0.133. The summed E-state index contributed by atoms with van der Waals surface area (Å²) in [5, 5.41) is 8.44. The van der Waals surface area contributed by atoms with Crippen molar-refractivity contribution in [3.05, 3.63) is 41.8 Å². The molecule has 0 aromatic heterocycles. The van der Waals surface area contributed by atoms with Crippen LogP contribution in [-0.2, 0) is 9.53 Å². The van der Waals surface area contributed by atoms with E-state index in [0.29, 0.717) is 12.3 Å². The highest BCUT2D eigenvalue weighted by atomic mass is 32.2. The number of carbonyl (C=O) groups excluding carboxylic acids is 1. The van der Waals surface area contributed by atoms with E-state index >= 15 is 0 Å². The van der Waals surface area contributed by atoms with Gasteiger partial charge < -0.3 is 4.74 Å². The summed E-state index contributed by atoms with van der Waals surface area (Å²) < 4.78 is 4.83. The number of hydrogen-bond acceptors (Lipinski definition) is 5. The van der Waals surface area contributed by atoms with Crippen molar-refractivity contribution in [3.8, 4) is 0 Å². The molecule has 1 fully saturated rings. The van der Waals surface area contributed by atoms with Crippen LogP contribution in [0.4, 0.5) is 5.69 Å². The molecule has 90 valence electrons. The number of ether oxygens (including phenoxy) is 1. The number of hydrazone groups is 1. The van der Waals surface area contributed by atoms with Crippen LogP contribution < -0.4 is 5.01 Å². The lowest BCUT2D eigenvalue weighted by atomic mass is 9.97. The first-order valence-corrected chi connectivity index (χ1v) is 6.64. The third-order valence-corrected chi connectivity index (χ3v) is 4.79. The molecule has 18 heavy (non-hydrogen) atoms. The summed E-state index contributed by atoms with van der Waals surface area (Å²) in [6, 6.07) is 9.99. The second-order valence-electron chi connectivity index (χ2n) is 4.49. The van der Waals surface area contributed by atoms with Gasteiger partial charge in [-0.05, 0) is 17.5 Å². The fraction of sp³-hybridized carbons (Fsp3) is 0.231. The van der Waals surface area contributed by atoms with E-state index in [1.54, 1.807) is 11.8 Å². The van der Waals surface area contributed by atoms with Gasteiger partial charge in [0.2, 0.25) is 0 Å². The maximum Gasteiger partial charge on any atom is 0.356 e. The van der Waals surface area contributed by atoms with Crippen molar-refractivity contribution in [1.82, 2.24) is 0 Å². The lowest BCUT2D eigenvalue weighted by Crippen LogP contribution is -2.44. The van der Waals surface area contributed by atoms with E-state index in [-0.39, 0.29) is 16.8 Å². The van der Waals surface area contributed by atoms with Gasteiger partial charge in [0.1, 0.15) is 11.4 Å². The van der Waals surface area contributed by atoms with Crippen LogP contribution in [-0.4, -0.2) is 29.1 Å². The van der Waals surface area contributed by atoms with Crippen LogP contribution in [0.2, 0.25) is 0 Å². The smallest absolute Gasteiger partial charge is 0.356 e. The van der Waals surface area contributed by atoms with Gasteiger partial charge >= 0.3 is 5.97 Å². The van der Waals surface area contributed by atoms with Crippen LogP contribution in [0, 0.1) is 0 Å². The van der Waals surface area contributed by atoms with Crippen molar-refractivity contribution in [1.29, 1.82) is 0 Å². The minimum atomic E-state index is -0.326. The van der Waals surface area contributed by atoms with Crippen molar-refractivity contribution in [3.63, 3.8) is 0 Å². The van der Waals surface area contributed by atoms with E-state index in [2.05, 4.69) is 11.2 Å². The number of carbonyl (C=O) groups is 1. The van der Waals surface area contributed by atoms with Crippen molar-refractivity contribution in [2.75, 3.05) is 11.6 Å². The quantitative estimate of drug-likeness (QED) is 0.720. The van der Waals surface area contributed by atoms with E-state index in [1.165, 1.54) is 0 Å². The molecule has 1 spiro atoms. The molecule has 3 heterocycles. The topological polar surface area (TPSA) is 41.9 Å². The molecule has 0 bridgehead atoms. The minimum absolute atomic E-state index is 0.0753. The zero-order valence-corrected chi connectivity index (χ0v) is 10.3. The Labute approximate surface area is 108 Å². The number of para-hydroxylation sites is 1. The largest absolute Gasteiger partial charge is 0.459 e. The Morgan fingerprint density at radius 1 is 1.39 bits per heavy atom. The summed E-state index contributed by atoms with van der Waals surface area (Å²) in [7, 11) is 0. The van der Waals surface area contributed by atoms with E-state index in [4.69, 9.17) is 4.74 Å². The molecule has 1 aromatic carbocycles. The number of cyclic esters (lactones) is 1. The van der Waals surface area contributed by atoms with Crippen LogP contribution >= 0.6 is 11.8 Å². The minimum Gasteiger partial charge on any atom is -0.459 e. The van der Waals surface area contributed by atoms with E-state index in [9.17, 15) is 4.79 Å². The van der Waals surface area contributed by atoms with Crippen LogP contribution in [0.25, 0.3) is 0 Å². The molecule has 1 saturated heterocycles. The Kier molecular flexibility index (Phi) is 1.92. The number of nitrogens with zero attached hydrogens (tertiary/aromatic N) is 2. The highest BCUT2D eigenvalue weighted by Crippen LogP contribution is 2.49. The van der Waals surface area contributed by atoms with Gasteiger partial charge in [-0.3, -0.25) is 5.01 Å². The molecule has 0 amide bonds. The highest BCUT2D eigenvalue weighted by molar-refractivity contribution is 8.04. The summed E-state index contributed by atoms with van der Waals surface area (Å²) in [6.45, 7) is 0.413. The molecule has 4 nitrogen and oxygen atoms in total. The number of thioether (sulfide) groups is 1. The van der Waals surface area contributed by atoms with Gasteiger partial charge in [0.15, 0.2) is 5.71 Å². The first kappa shape index (κ1) is 10.2. The molecule has 5 heteroatoms. The van der Waals surface area contributed by atoms with Gasteiger partial charge in [-0.2, -0.15) is 5.10 Å². The Morgan fingerprint density at radius 3 is 3.06 bits per heavy atom. The van der Waals surface area contributed by atoms with Crippen LogP contribution in [0.5, 0.6) is 0 Å². The van der Waals surface area contributed by atoms with Gasteiger partial charge in [-0.15, -0.1) is 11.8 Å². The maximum atomic E-state index is 11.7. The fourth-order valence-electron chi connectivity index (χ4n) is 2.63. The zero-order valence-electron chi connectivity index (χ0n) is 9.45. The SMILES string of the molecule is O=C1OCC23SC=CC2N(c2ccccc2)N=C13. The average Bonchev–Trinajstić information content (AvgIpc) is 3.02. The van der Waals surface area contributed by atoms with Crippen molar-refractivity contribution < 1.29 is 9.53 Å². The molecule has 0 N–H and O–H groups in total. The summed E-state index contributed by atoms with van der Waals surface area (Å²) in [5.41, 5.74) is 1.55. The Morgan fingerprint density at radius 2 is 2.22 bits per heavy atom. The summed E-state index contributed by atoms with van der Waals surface area (Å²) in [6.07, 6.45) is 2.09.